The van der Waals surface area contributed by atoms with Gasteiger partial charge in [-0.1, -0.05) is 20.3 Å². The molecule has 0 fully saturated rings. The monoisotopic (exact) mass is 438 g/mol. The van der Waals surface area contributed by atoms with Gasteiger partial charge in [0.2, 0.25) is 5.89 Å². The summed E-state index contributed by atoms with van der Waals surface area (Å²) in [4.78, 5) is 43.1. The van der Waals surface area contributed by atoms with Gasteiger partial charge in [-0.15, -0.1) is 0 Å². The number of hydrogen-bond donors (Lipinski definition) is 3. The van der Waals surface area contributed by atoms with Crippen LogP contribution in [0.1, 0.15) is 53.0 Å². The minimum absolute atomic E-state index is 0.0253. The predicted molar refractivity (Wildman–Crippen MR) is 98.1 cm³/mol. The van der Waals surface area contributed by atoms with Crippen molar-refractivity contribution in [3.63, 3.8) is 0 Å². The van der Waals surface area contributed by atoms with E-state index >= 15 is 0 Å². The van der Waals surface area contributed by atoms with Crippen molar-refractivity contribution in [1.82, 2.24) is 20.6 Å². The second-order valence-electron chi connectivity index (χ2n) is 5.88. The summed E-state index contributed by atoms with van der Waals surface area (Å²) in [6.07, 6.45) is 4.87. The number of carbonyl (C=O) groups is 3. The first kappa shape index (κ1) is 20.6. The summed E-state index contributed by atoms with van der Waals surface area (Å²) in [5.74, 6) is -2.05. The molecule has 2 aromatic rings. The SMILES string of the molecule is CC[C@H](C)[C@H](NC(=O)c1cncc(Br)c1)c1nc(C(=O)NCC(=O)O)co1. The van der Waals surface area contributed by atoms with Gasteiger partial charge < -0.3 is 20.2 Å². The Labute approximate surface area is 163 Å². The maximum absolute atomic E-state index is 12.5. The molecule has 0 bridgehead atoms. The Hall–Kier alpha value is -2.75. The summed E-state index contributed by atoms with van der Waals surface area (Å²) >= 11 is 3.27. The van der Waals surface area contributed by atoms with Crippen LogP contribution in [0.5, 0.6) is 0 Å². The molecule has 27 heavy (non-hydrogen) atoms. The van der Waals surface area contributed by atoms with E-state index in [1.165, 1.54) is 6.20 Å². The van der Waals surface area contributed by atoms with Crippen molar-refractivity contribution in [3.8, 4) is 0 Å². The molecule has 0 aliphatic heterocycles. The lowest BCUT2D eigenvalue weighted by atomic mass is 9.98. The normalized spacial score (nSPS) is 12.9. The summed E-state index contributed by atoms with van der Waals surface area (Å²) in [5, 5.41) is 13.7. The summed E-state index contributed by atoms with van der Waals surface area (Å²) in [6.45, 7) is 3.34. The number of aliphatic carboxylic acids is 1. The number of carbonyl (C=O) groups excluding carboxylic acids is 2. The van der Waals surface area contributed by atoms with Gasteiger partial charge in [0.25, 0.3) is 11.8 Å². The van der Waals surface area contributed by atoms with Crippen molar-refractivity contribution in [2.24, 2.45) is 5.92 Å². The number of amides is 2. The predicted octanol–water partition coefficient (Wildman–Crippen LogP) is 2.16. The van der Waals surface area contributed by atoms with Crippen LogP contribution in [0.3, 0.4) is 0 Å². The van der Waals surface area contributed by atoms with Gasteiger partial charge in [-0.2, -0.15) is 0 Å². The fourth-order valence-electron chi connectivity index (χ4n) is 2.22. The molecular weight excluding hydrogens is 420 g/mol. The molecule has 2 aromatic heterocycles. The van der Waals surface area contributed by atoms with Gasteiger partial charge in [-0.3, -0.25) is 19.4 Å². The molecule has 0 unspecified atom stereocenters. The first-order valence-corrected chi connectivity index (χ1v) is 8.98. The average Bonchev–Trinajstić information content (AvgIpc) is 3.13. The van der Waals surface area contributed by atoms with Crippen LogP contribution in [0.15, 0.2) is 33.6 Å². The average molecular weight is 439 g/mol. The van der Waals surface area contributed by atoms with E-state index in [9.17, 15) is 14.4 Å². The number of halogens is 1. The Morgan fingerprint density at radius 3 is 2.67 bits per heavy atom. The molecule has 0 spiro atoms. The van der Waals surface area contributed by atoms with Gasteiger partial charge in [0, 0.05) is 16.9 Å². The third kappa shape index (κ3) is 5.61. The second-order valence-corrected chi connectivity index (χ2v) is 6.79. The number of carboxylic acids is 1. The molecule has 10 heteroatoms. The first-order valence-electron chi connectivity index (χ1n) is 8.18. The van der Waals surface area contributed by atoms with Crippen molar-refractivity contribution in [1.29, 1.82) is 0 Å². The van der Waals surface area contributed by atoms with Crippen molar-refractivity contribution in [2.75, 3.05) is 6.54 Å². The fourth-order valence-corrected chi connectivity index (χ4v) is 2.59. The zero-order valence-electron chi connectivity index (χ0n) is 14.7. The molecule has 0 saturated carbocycles. The van der Waals surface area contributed by atoms with E-state index in [2.05, 4.69) is 36.5 Å². The molecule has 3 N–H and O–H groups in total. The third-order valence-corrected chi connectivity index (χ3v) is 4.32. The number of aromatic nitrogens is 2. The van der Waals surface area contributed by atoms with Crippen LogP contribution in [0, 0.1) is 5.92 Å². The number of hydrogen-bond acceptors (Lipinski definition) is 6. The van der Waals surface area contributed by atoms with E-state index in [0.29, 0.717) is 10.0 Å². The Morgan fingerprint density at radius 2 is 2.04 bits per heavy atom. The van der Waals surface area contributed by atoms with Crippen molar-refractivity contribution in [2.45, 2.75) is 26.3 Å². The standard InChI is InChI=1S/C17H19BrN4O5/c1-3-9(2)14(22-15(25)10-4-11(18)6-19-5-10)17-21-12(8-27-17)16(26)20-7-13(23)24/h4-6,8-9,14H,3,7H2,1-2H3,(H,20,26)(H,22,25)(H,23,24)/t9-,14-/m0/s1. The molecule has 2 atom stereocenters. The molecule has 9 nitrogen and oxygen atoms in total. The highest BCUT2D eigenvalue weighted by Gasteiger charge is 2.27. The van der Waals surface area contributed by atoms with Gasteiger partial charge in [0.05, 0.1) is 5.56 Å². The van der Waals surface area contributed by atoms with Gasteiger partial charge in [0.1, 0.15) is 18.8 Å². The molecule has 0 saturated heterocycles. The molecular formula is C17H19BrN4O5. The summed E-state index contributed by atoms with van der Waals surface area (Å²) in [5.41, 5.74) is 0.307. The third-order valence-electron chi connectivity index (χ3n) is 3.89. The van der Waals surface area contributed by atoms with Crippen LogP contribution in [0.25, 0.3) is 0 Å². The van der Waals surface area contributed by atoms with E-state index in [1.807, 2.05) is 13.8 Å². The number of oxazole rings is 1. The van der Waals surface area contributed by atoms with Crippen LogP contribution in [-0.2, 0) is 4.79 Å². The lowest BCUT2D eigenvalue weighted by Crippen LogP contribution is -2.33. The summed E-state index contributed by atoms with van der Waals surface area (Å²) < 4.78 is 6.05. The quantitative estimate of drug-likeness (QED) is 0.574. The highest BCUT2D eigenvalue weighted by Crippen LogP contribution is 2.24. The first-order chi connectivity index (χ1) is 12.8. The molecule has 0 aliphatic rings. The maximum Gasteiger partial charge on any atom is 0.322 e. The number of rotatable bonds is 8. The number of carboxylic acid groups (broad SMARTS) is 1. The van der Waals surface area contributed by atoms with Crippen LogP contribution >= 0.6 is 15.9 Å². The van der Waals surface area contributed by atoms with Gasteiger partial charge in [0.15, 0.2) is 5.69 Å². The Balaban J connectivity index is 2.18. The summed E-state index contributed by atoms with van der Waals surface area (Å²) in [6, 6.07) is 1.07. The Bertz CT molecular complexity index is 838. The minimum Gasteiger partial charge on any atom is -0.480 e. The van der Waals surface area contributed by atoms with Gasteiger partial charge in [-0.05, 0) is 27.9 Å². The molecule has 144 valence electrons. The Kier molecular flexibility index (Phi) is 7.05. The zero-order chi connectivity index (χ0) is 20.0. The highest BCUT2D eigenvalue weighted by atomic mass is 79.9. The second kappa shape index (κ2) is 9.26. The number of pyridine rings is 1. The molecule has 2 rings (SSSR count). The van der Waals surface area contributed by atoms with E-state index in [0.717, 1.165) is 12.7 Å². The van der Waals surface area contributed by atoms with Crippen LogP contribution in [-0.4, -0.2) is 39.4 Å². The van der Waals surface area contributed by atoms with Gasteiger partial charge >= 0.3 is 5.97 Å². The van der Waals surface area contributed by atoms with E-state index in [-0.39, 0.29) is 23.4 Å². The highest BCUT2D eigenvalue weighted by molar-refractivity contribution is 9.10. The molecule has 0 aromatic carbocycles. The Morgan fingerprint density at radius 1 is 1.30 bits per heavy atom. The van der Waals surface area contributed by atoms with Crippen LogP contribution < -0.4 is 10.6 Å². The minimum atomic E-state index is -1.17. The smallest absolute Gasteiger partial charge is 0.322 e. The molecule has 0 aliphatic carbocycles. The van der Waals surface area contributed by atoms with E-state index in [4.69, 9.17) is 9.52 Å². The molecule has 2 amide bonds. The fraction of sp³-hybridized carbons (Fsp3) is 0.353. The maximum atomic E-state index is 12.5. The summed E-state index contributed by atoms with van der Waals surface area (Å²) in [7, 11) is 0. The van der Waals surface area contributed by atoms with E-state index in [1.54, 1.807) is 12.3 Å². The van der Waals surface area contributed by atoms with Gasteiger partial charge in [-0.25, -0.2) is 4.98 Å². The number of nitrogens with one attached hydrogen (secondary N) is 2. The van der Waals surface area contributed by atoms with Crippen molar-refractivity contribution in [3.05, 3.63) is 46.3 Å². The molecule has 2 heterocycles. The van der Waals surface area contributed by atoms with Crippen LogP contribution in [0.4, 0.5) is 0 Å². The van der Waals surface area contributed by atoms with E-state index < -0.39 is 24.5 Å². The molecule has 0 radical (unpaired) electrons. The largest absolute Gasteiger partial charge is 0.480 e. The lowest BCUT2D eigenvalue weighted by Gasteiger charge is -2.21. The van der Waals surface area contributed by atoms with Crippen molar-refractivity contribution < 1.29 is 23.9 Å². The zero-order valence-corrected chi connectivity index (χ0v) is 16.3. The number of nitrogens with zero attached hydrogens (tertiary/aromatic N) is 2. The lowest BCUT2D eigenvalue weighted by molar-refractivity contribution is -0.135. The van der Waals surface area contributed by atoms with Crippen LogP contribution in [0.2, 0.25) is 0 Å². The topological polar surface area (TPSA) is 134 Å². The van der Waals surface area contributed by atoms with Crippen molar-refractivity contribution >= 4 is 33.7 Å².